The summed E-state index contributed by atoms with van der Waals surface area (Å²) in [6.45, 7) is 8.40. The summed E-state index contributed by atoms with van der Waals surface area (Å²) in [5.41, 5.74) is 0.272. The Kier molecular flexibility index (Phi) is 4.34. The van der Waals surface area contributed by atoms with Gasteiger partial charge >= 0.3 is 6.18 Å². The summed E-state index contributed by atoms with van der Waals surface area (Å²) < 4.78 is 37.4. The zero-order chi connectivity index (χ0) is 13.9. The average Bonchev–Trinajstić information content (AvgIpc) is 2.39. The van der Waals surface area contributed by atoms with Gasteiger partial charge in [-0.2, -0.15) is 13.2 Å². The third kappa shape index (κ3) is 3.62. The Labute approximate surface area is 111 Å². The van der Waals surface area contributed by atoms with Crippen molar-refractivity contribution in [2.24, 2.45) is 0 Å². The number of benzene rings is 1. The summed E-state index contributed by atoms with van der Waals surface area (Å²) in [6, 6.07) is 5.41. The van der Waals surface area contributed by atoms with Gasteiger partial charge in [-0.05, 0) is 37.2 Å². The fraction of sp³-hybridized carbons (Fsp3) is 0.500. The minimum absolute atomic E-state index is 0.591. The summed E-state index contributed by atoms with van der Waals surface area (Å²) in [4.78, 5) is 4.45. The maximum atomic E-state index is 12.5. The van der Waals surface area contributed by atoms with E-state index in [1.807, 2.05) is 0 Å². The second-order valence-electron chi connectivity index (χ2n) is 4.73. The normalized spacial score (nSPS) is 17.8. The van der Waals surface area contributed by atoms with E-state index < -0.39 is 11.7 Å². The van der Waals surface area contributed by atoms with Crippen molar-refractivity contribution in [3.05, 3.63) is 36.8 Å². The van der Waals surface area contributed by atoms with Crippen LogP contribution in [0.2, 0.25) is 0 Å². The molecule has 5 heteroatoms. The van der Waals surface area contributed by atoms with Gasteiger partial charge in [-0.25, -0.2) is 0 Å². The number of hydrogen-bond donors (Lipinski definition) is 0. The number of halogens is 3. The molecule has 2 rings (SSSR count). The van der Waals surface area contributed by atoms with Crippen molar-refractivity contribution in [3.8, 4) is 0 Å². The quantitative estimate of drug-likeness (QED) is 0.833. The second-order valence-corrected chi connectivity index (χ2v) is 4.73. The molecule has 0 saturated carbocycles. The molecule has 0 amide bonds. The minimum atomic E-state index is -4.26. The van der Waals surface area contributed by atoms with Crippen LogP contribution in [0.25, 0.3) is 0 Å². The van der Waals surface area contributed by atoms with E-state index in [9.17, 15) is 13.2 Å². The maximum Gasteiger partial charge on any atom is 0.416 e. The standard InChI is InChI=1S/C14H18F3N2/c1-2-7-18-8-10-19(11-9-18)13-5-3-12(4-6-13)14(15,16)17/h3-6H,1-2,7-11H2. The van der Waals surface area contributed by atoms with Crippen LogP contribution < -0.4 is 4.90 Å². The zero-order valence-electron chi connectivity index (χ0n) is 10.8. The predicted octanol–water partition coefficient (Wildman–Crippen LogP) is 3.05. The SMILES string of the molecule is [CH2]CCN1CCN(c2ccc(C(F)(F)F)cc2)CC1. The van der Waals surface area contributed by atoms with Gasteiger partial charge in [0.05, 0.1) is 5.56 Å². The molecular formula is C14H18F3N2. The fourth-order valence-corrected chi connectivity index (χ4v) is 2.31. The van der Waals surface area contributed by atoms with Gasteiger partial charge in [-0.3, -0.25) is 4.90 Å². The van der Waals surface area contributed by atoms with E-state index in [2.05, 4.69) is 16.7 Å². The number of alkyl halides is 3. The first-order valence-electron chi connectivity index (χ1n) is 6.44. The lowest BCUT2D eigenvalue weighted by molar-refractivity contribution is -0.137. The Morgan fingerprint density at radius 1 is 1.00 bits per heavy atom. The average molecular weight is 271 g/mol. The van der Waals surface area contributed by atoms with Crippen LogP contribution in [-0.4, -0.2) is 37.6 Å². The molecule has 0 aliphatic carbocycles. The van der Waals surface area contributed by atoms with Crippen molar-refractivity contribution in [3.63, 3.8) is 0 Å². The van der Waals surface area contributed by atoms with Crippen molar-refractivity contribution in [1.82, 2.24) is 4.90 Å². The molecule has 0 spiro atoms. The molecule has 1 heterocycles. The van der Waals surface area contributed by atoms with Crippen LogP contribution in [-0.2, 0) is 6.18 Å². The first-order chi connectivity index (χ1) is 9.00. The number of hydrogen-bond acceptors (Lipinski definition) is 2. The van der Waals surface area contributed by atoms with Gasteiger partial charge < -0.3 is 4.90 Å². The molecule has 0 bridgehead atoms. The maximum absolute atomic E-state index is 12.5. The van der Waals surface area contributed by atoms with Crippen molar-refractivity contribution < 1.29 is 13.2 Å². The highest BCUT2D eigenvalue weighted by molar-refractivity contribution is 5.48. The molecule has 1 aliphatic rings. The Morgan fingerprint density at radius 2 is 1.58 bits per heavy atom. The third-order valence-electron chi connectivity index (χ3n) is 3.41. The molecule has 0 aromatic heterocycles. The number of nitrogens with zero attached hydrogens (tertiary/aromatic N) is 2. The summed E-state index contributed by atoms with van der Waals surface area (Å²) in [6.07, 6.45) is -3.37. The smallest absolute Gasteiger partial charge is 0.369 e. The summed E-state index contributed by atoms with van der Waals surface area (Å²) in [5, 5.41) is 0. The first-order valence-corrected chi connectivity index (χ1v) is 6.44. The minimum Gasteiger partial charge on any atom is -0.369 e. The second kappa shape index (κ2) is 5.82. The molecular weight excluding hydrogens is 253 g/mol. The number of rotatable bonds is 3. The molecule has 1 aromatic rings. The van der Waals surface area contributed by atoms with Crippen molar-refractivity contribution >= 4 is 5.69 Å². The van der Waals surface area contributed by atoms with Crippen LogP contribution in [0.3, 0.4) is 0 Å². The Balaban J connectivity index is 1.97. The number of anilines is 1. The van der Waals surface area contributed by atoms with Crippen LogP contribution in [0.15, 0.2) is 24.3 Å². The van der Waals surface area contributed by atoms with Crippen LogP contribution in [0.5, 0.6) is 0 Å². The van der Waals surface area contributed by atoms with Gasteiger partial charge in [-0.15, -0.1) is 0 Å². The Morgan fingerprint density at radius 3 is 2.05 bits per heavy atom. The molecule has 0 unspecified atom stereocenters. The molecule has 1 fully saturated rings. The lowest BCUT2D eigenvalue weighted by atomic mass is 10.1. The van der Waals surface area contributed by atoms with E-state index in [0.717, 1.165) is 57.0 Å². The molecule has 1 aromatic carbocycles. The molecule has 2 nitrogen and oxygen atoms in total. The van der Waals surface area contributed by atoms with Gasteiger partial charge in [0.1, 0.15) is 0 Å². The predicted molar refractivity (Wildman–Crippen MR) is 70.1 cm³/mol. The largest absolute Gasteiger partial charge is 0.416 e. The summed E-state index contributed by atoms with van der Waals surface area (Å²) in [5.74, 6) is 0. The highest BCUT2D eigenvalue weighted by Gasteiger charge is 2.30. The third-order valence-corrected chi connectivity index (χ3v) is 3.41. The van der Waals surface area contributed by atoms with Crippen molar-refractivity contribution in [1.29, 1.82) is 0 Å². The van der Waals surface area contributed by atoms with Gasteiger partial charge in [0.2, 0.25) is 0 Å². The topological polar surface area (TPSA) is 6.48 Å². The van der Waals surface area contributed by atoms with Crippen LogP contribution in [0.4, 0.5) is 18.9 Å². The van der Waals surface area contributed by atoms with Crippen LogP contribution >= 0.6 is 0 Å². The van der Waals surface area contributed by atoms with E-state index in [0.29, 0.717) is 0 Å². The molecule has 105 valence electrons. The molecule has 1 saturated heterocycles. The summed E-state index contributed by atoms with van der Waals surface area (Å²) in [7, 11) is 0. The van der Waals surface area contributed by atoms with E-state index in [4.69, 9.17) is 0 Å². The van der Waals surface area contributed by atoms with E-state index >= 15 is 0 Å². The first kappa shape index (κ1) is 14.2. The monoisotopic (exact) mass is 271 g/mol. The molecule has 0 N–H and O–H groups in total. The zero-order valence-corrected chi connectivity index (χ0v) is 10.8. The molecule has 1 aliphatic heterocycles. The highest BCUT2D eigenvalue weighted by Crippen LogP contribution is 2.30. The number of piperazine rings is 1. The molecule has 1 radical (unpaired) electrons. The highest BCUT2D eigenvalue weighted by atomic mass is 19.4. The molecule has 19 heavy (non-hydrogen) atoms. The van der Waals surface area contributed by atoms with Crippen LogP contribution in [0, 0.1) is 6.92 Å². The van der Waals surface area contributed by atoms with Crippen molar-refractivity contribution in [2.75, 3.05) is 37.6 Å². The van der Waals surface area contributed by atoms with Crippen LogP contribution in [0.1, 0.15) is 12.0 Å². The van der Waals surface area contributed by atoms with E-state index in [1.165, 1.54) is 0 Å². The van der Waals surface area contributed by atoms with Gasteiger partial charge in [0.15, 0.2) is 0 Å². The lowest BCUT2D eigenvalue weighted by Crippen LogP contribution is -2.46. The van der Waals surface area contributed by atoms with E-state index in [1.54, 1.807) is 12.1 Å². The van der Waals surface area contributed by atoms with Gasteiger partial charge in [0, 0.05) is 31.9 Å². The molecule has 0 atom stereocenters. The fourth-order valence-electron chi connectivity index (χ4n) is 2.31. The lowest BCUT2D eigenvalue weighted by Gasteiger charge is -2.36. The van der Waals surface area contributed by atoms with E-state index in [-0.39, 0.29) is 0 Å². The van der Waals surface area contributed by atoms with Gasteiger partial charge in [-0.1, -0.05) is 6.92 Å². The van der Waals surface area contributed by atoms with Crippen molar-refractivity contribution in [2.45, 2.75) is 12.6 Å². The summed E-state index contributed by atoms with van der Waals surface area (Å²) >= 11 is 0. The Hall–Kier alpha value is -1.23. The Bertz CT molecular complexity index is 392. The van der Waals surface area contributed by atoms with Gasteiger partial charge in [0.25, 0.3) is 0 Å².